The average molecular weight is 476 g/mol. The third-order valence-electron chi connectivity index (χ3n) is 3.22. The van der Waals surface area contributed by atoms with Crippen molar-refractivity contribution in [1.29, 1.82) is 0 Å². The second kappa shape index (κ2) is 15.4. The van der Waals surface area contributed by atoms with Crippen LogP contribution < -0.4 is 11.5 Å². The topological polar surface area (TPSA) is 220 Å². The van der Waals surface area contributed by atoms with Crippen molar-refractivity contribution in [2.45, 2.75) is 76.2 Å². The van der Waals surface area contributed by atoms with Gasteiger partial charge in [0.2, 0.25) is 0 Å². The zero-order chi connectivity index (χ0) is 26.4. The molecule has 0 spiro atoms. The number of rotatable bonds is 9. The van der Waals surface area contributed by atoms with E-state index in [9.17, 15) is 28.0 Å². The maximum atomic E-state index is 12.8. The third-order valence-corrected chi connectivity index (χ3v) is 3.22. The number of carbonyl (C=O) groups is 4. The Morgan fingerprint density at radius 1 is 0.750 bits per heavy atom. The number of carboxylic acids is 2. The fourth-order valence-electron chi connectivity index (χ4n) is 1.79. The number of esters is 2. The maximum Gasteiger partial charge on any atom is 0.335 e. The second-order valence-electron chi connectivity index (χ2n) is 7.67. The normalized spacial score (nSPS) is 14.8. The van der Waals surface area contributed by atoms with Crippen molar-refractivity contribution >= 4 is 23.9 Å². The molecular weight excluding hydrogens is 442 g/mol. The summed E-state index contributed by atoms with van der Waals surface area (Å²) in [6.07, 6.45) is -4.56. The van der Waals surface area contributed by atoms with Crippen LogP contribution in [0.4, 0.5) is 8.78 Å². The molecule has 32 heavy (non-hydrogen) atoms. The first kappa shape index (κ1) is 34.2. The highest BCUT2D eigenvalue weighted by atomic mass is 19.1. The van der Waals surface area contributed by atoms with Gasteiger partial charge >= 0.3 is 23.9 Å². The standard InChI is InChI=1S/2C7H14FNO2.C4H6O6/c2*1-7(2,8)4-5(9)6(10)11-3;5-1(3(7)8)2(6)4(9)10/h2*5H,4,9H2,1-3H3;1-2,5-6H,(H,7,8)(H,9,10)/t2*5-;1-,2-/m001/s1. The lowest BCUT2D eigenvalue weighted by molar-refractivity contribution is -0.165. The summed E-state index contributed by atoms with van der Waals surface area (Å²) >= 11 is 0. The van der Waals surface area contributed by atoms with E-state index in [4.69, 9.17) is 31.9 Å². The fourth-order valence-corrected chi connectivity index (χ4v) is 1.79. The Morgan fingerprint density at radius 3 is 1.09 bits per heavy atom. The average Bonchev–Trinajstić information content (AvgIpc) is 2.63. The maximum absolute atomic E-state index is 12.8. The highest BCUT2D eigenvalue weighted by molar-refractivity contribution is 5.83. The van der Waals surface area contributed by atoms with E-state index in [1.807, 2.05) is 0 Å². The van der Waals surface area contributed by atoms with E-state index in [1.54, 1.807) is 0 Å². The van der Waals surface area contributed by atoms with E-state index >= 15 is 0 Å². The summed E-state index contributed by atoms with van der Waals surface area (Å²) in [6, 6.07) is -1.72. The zero-order valence-electron chi connectivity index (χ0n) is 18.9. The van der Waals surface area contributed by atoms with Gasteiger partial charge in [-0.1, -0.05) is 0 Å². The zero-order valence-corrected chi connectivity index (χ0v) is 18.9. The van der Waals surface area contributed by atoms with Gasteiger partial charge in [0.05, 0.1) is 14.2 Å². The van der Waals surface area contributed by atoms with E-state index in [0.717, 1.165) is 0 Å². The molecule has 0 aliphatic heterocycles. The van der Waals surface area contributed by atoms with Crippen LogP contribution in [-0.4, -0.2) is 94.2 Å². The van der Waals surface area contributed by atoms with Crippen LogP contribution in [0.15, 0.2) is 0 Å². The van der Waals surface area contributed by atoms with Crippen LogP contribution in [-0.2, 0) is 28.7 Å². The molecule has 0 aliphatic carbocycles. The number of methoxy groups -OCH3 is 2. The molecule has 12 nitrogen and oxygen atoms in total. The number of aliphatic carboxylic acids is 2. The van der Waals surface area contributed by atoms with Gasteiger partial charge in [0.25, 0.3) is 0 Å². The monoisotopic (exact) mass is 476 g/mol. The molecule has 0 amide bonds. The van der Waals surface area contributed by atoms with E-state index < -0.39 is 59.5 Å². The molecule has 0 heterocycles. The van der Waals surface area contributed by atoms with Crippen molar-refractivity contribution in [2.24, 2.45) is 11.5 Å². The van der Waals surface area contributed by atoms with E-state index in [1.165, 1.54) is 41.9 Å². The van der Waals surface area contributed by atoms with Crippen LogP contribution in [0.25, 0.3) is 0 Å². The van der Waals surface area contributed by atoms with Gasteiger partial charge in [0.15, 0.2) is 12.2 Å². The Balaban J connectivity index is -0.000000395. The van der Waals surface area contributed by atoms with Gasteiger partial charge in [-0.3, -0.25) is 9.59 Å². The highest BCUT2D eigenvalue weighted by Crippen LogP contribution is 2.16. The van der Waals surface area contributed by atoms with Crippen molar-refractivity contribution in [3.63, 3.8) is 0 Å². The predicted octanol–water partition coefficient (Wildman–Crippen LogP) is -0.873. The van der Waals surface area contributed by atoms with Crippen LogP contribution in [0.2, 0.25) is 0 Å². The highest BCUT2D eigenvalue weighted by Gasteiger charge is 2.29. The molecular formula is C18H34F2N2O10. The van der Waals surface area contributed by atoms with Crippen molar-refractivity contribution in [1.82, 2.24) is 0 Å². The lowest BCUT2D eigenvalue weighted by atomic mass is 10.0. The Bertz CT molecular complexity index is 554. The molecule has 4 atom stereocenters. The number of halogens is 2. The predicted molar refractivity (Wildman–Crippen MR) is 107 cm³/mol. The smallest absolute Gasteiger partial charge is 0.335 e. The van der Waals surface area contributed by atoms with Crippen molar-refractivity contribution in [2.75, 3.05) is 14.2 Å². The first-order valence-corrected chi connectivity index (χ1v) is 9.06. The molecule has 0 fully saturated rings. The van der Waals surface area contributed by atoms with Crippen LogP contribution in [0, 0.1) is 0 Å². The lowest BCUT2D eigenvalue weighted by Crippen LogP contribution is -2.39. The number of aliphatic hydroxyl groups excluding tert-OH is 2. The van der Waals surface area contributed by atoms with Crippen LogP contribution in [0.5, 0.6) is 0 Å². The van der Waals surface area contributed by atoms with Crippen molar-refractivity contribution in [3.05, 3.63) is 0 Å². The van der Waals surface area contributed by atoms with Gasteiger partial charge in [-0.25, -0.2) is 18.4 Å². The van der Waals surface area contributed by atoms with Gasteiger partial charge in [0.1, 0.15) is 23.4 Å². The minimum atomic E-state index is -2.27. The molecule has 0 saturated carbocycles. The number of ether oxygens (including phenoxy) is 2. The van der Waals surface area contributed by atoms with Crippen molar-refractivity contribution in [3.8, 4) is 0 Å². The number of hydrogen-bond donors (Lipinski definition) is 6. The molecule has 0 rings (SSSR count). The minimum Gasteiger partial charge on any atom is -0.479 e. The molecule has 0 aromatic heterocycles. The van der Waals surface area contributed by atoms with Gasteiger partial charge in [0, 0.05) is 12.8 Å². The van der Waals surface area contributed by atoms with E-state index in [0.29, 0.717) is 0 Å². The second-order valence-corrected chi connectivity index (χ2v) is 7.67. The van der Waals surface area contributed by atoms with E-state index in [2.05, 4.69) is 9.47 Å². The Kier molecular flexibility index (Phi) is 16.5. The number of carboxylic acid groups (broad SMARTS) is 2. The first-order chi connectivity index (χ1) is 14.2. The molecule has 0 bridgehead atoms. The number of hydrogen-bond acceptors (Lipinski definition) is 10. The number of nitrogens with two attached hydrogens (primary N) is 2. The molecule has 0 unspecified atom stereocenters. The summed E-state index contributed by atoms with van der Waals surface area (Å²) in [7, 11) is 2.46. The summed E-state index contributed by atoms with van der Waals surface area (Å²) < 4.78 is 34.4. The summed E-state index contributed by atoms with van der Waals surface area (Å²) in [4.78, 5) is 40.9. The first-order valence-electron chi connectivity index (χ1n) is 9.06. The van der Waals surface area contributed by atoms with Crippen LogP contribution in [0.1, 0.15) is 40.5 Å². The van der Waals surface area contributed by atoms with Crippen LogP contribution in [0.3, 0.4) is 0 Å². The van der Waals surface area contributed by atoms with Gasteiger partial charge < -0.3 is 41.4 Å². The number of alkyl halides is 2. The lowest BCUT2D eigenvalue weighted by Gasteiger charge is -2.17. The largest absolute Gasteiger partial charge is 0.479 e. The minimum absolute atomic E-state index is 0.0142. The van der Waals surface area contributed by atoms with Gasteiger partial charge in [-0.2, -0.15) is 0 Å². The fraction of sp³-hybridized carbons (Fsp3) is 0.778. The van der Waals surface area contributed by atoms with Gasteiger partial charge in [-0.15, -0.1) is 0 Å². The molecule has 190 valence electrons. The molecule has 14 heteroatoms. The molecule has 8 N–H and O–H groups in total. The number of carbonyl (C=O) groups excluding carboxylic acids is 2. The van der Waals surface area contributed by atoms with Crippen molar-refractivity contribution < 1.29 is 57.9 Å². The van der Waals surface area contributed by atoms with Gasteiger partial charge in [-0.05, 0) is 27.7 Å². The molecule has 0 aromatic carbocycles. The van der Waals surface area contributed by atoms with Crippen LogP contribution >= 0.6 is 0 Å². The molecule has 0 aromatic rings. The number of aliphatic hydroxyl groups is 2. The third kappa shape index (κ3) is 19.5. The summed E-state index contributed by atoms with van der Waals surface area (Å²) in [6.45, 7) is 5.48. The molecule has 0 radical (unpaired) electrons. The summed E-state index contributed by atoms with van der Waals surface area (Å²) in [5.74, 6) is -4.68. The SMILES string of the molecule is COC(=O)[C@@H](N)CC(C)(C)F.COC(=O)[C@@H](N)CC(C)(C)F.O=C(O)[C@H](O)[C@@H](O)C(=O)O. The quantitative estimate of drug-likeness (QED) is 0.224. The Hall–Kier alpha value is -2.42. The molecule has 0 aliphatic rings. The molecule has 0 saturated heterocycles. The summed E-state index contributed by atoms with van der Waals surface area (Å²) in [5.41, 5.74) is 7.75. The Labute approximate surface area is 184 Å². The Morgan fingerprint density at radius 2 is 0.969 bits per heavy atom. The summed E-state index contributed by atoms with van der Waals surface area (Å²) in [5, 5.41) is 32.5. The van der Waals surface area contributed by atoms with E-state index in [-0.39, 0.29) is 12.8 Å².